The standard InChI is InChI=1S/C25H32N2O3S/c1-4-7-13-19(5-2)18-26-25(28)24-23(20-14-9-8-10-15-20)21-16-11-12-17-22(21)27(6-3)31(24,29)30/h8-12,14-17,19H,4-7,13,18H2,1-3H3,(H,26,28)/t19-/m0/s1. The molecule has 0 saturated carbocycles. The van der Waals surface area contributed by atoms with Crippen LogP contribution in [0.15, 0.2) is 59.5 Å². The number of carbonyl (C=O) groups is 1. The van der Waals surface area contributed by atoms with Gasteiger partial charge in [-0.3, -0.25) is 9.10 Å². The Labute approximate surface area is 186 Å². The molecule has 0 unspecified atom stereocenters. The molecule has 1 aliphatic heterocycles. The van der Waals surface area contributed by atoms with Crippen LogP contribution in [0.3, 0.4) is 0 Å². The van der Waals surface area contributed by atoms with Gasteiger partial charge in [-0.15, -0.1) is 0 Å². The first-order valence-corrected chi connectivity index (χ1v) is 12.6. The highest BCUT2D eigenvalue weighted by atomic mass is 32.2. The van der Waals surface area contributed by atoms with E-state index in [0.29, 0.717) is 23.7 Å². The van der Waals surface area contributed by atoms with Gasteiger partial charge >= 0.3 is 0 Å². The summed E-state index contributed by atoms with van der Waals surface area (Å²) in [5, 5.41) is 2.94. The van der Waals surface area contributed by atoms with Crippen molar-refractivity contribution in [2.45, 2.75) is 46.5 Å². The lowest BCUT2D eigenvalue weighted by molar-refractivity contribution is -0.117. The molecule has 0 radical (unpaired) electrons. The Bertz CT molecular complexity index is 1050. The third kappa shape index (κ3) is 4.69. The molecular formula is C25H32N2O3S. The topological polar surface area (TPSA) is 66.5 Å². The van der Waals surface area contributed by atoms with Crippen molar-refractivity contribution in [1.82, 2.24) is 5.32 Å². The van der Waals surface area contributed by atoms with Crippen molar-refractivity contribution in [2.24, 2.45) is 5.92 Å². The molecule has 0 fully saturated rings. The van der Waals surface area contributed by atoms with Crippen LogP contribution in [0, 0.1) is 5.92 Å². The van der Waals surface area contributed by atoms with E-state index in [4.69, 9.17) is 0 Å². The molecule has 1 N–H and O–H groups in total. The summed E-state index contributed by atoms with van der Waals surface area (Å²) >= 11 is 0. The van der Waals surface area contributed by atoms with Gasteiger partial charge in [-0.1, -0.05) is 81.6 Å². The maximum Gasteiger partial charge on any atom is 0.270 e. The lowest BCUT2D eigenvalue weighted by Gasteiger charge is -2.33. The zero-order valence-corrected chi connectivity index (χ0v) is 19.4. The largest absolute Gasteiger partial charge is 0.351 e. The Balaban J connectivity index is 2.12. The van der Waals surface area contributed by atoms with E-state index in [0.717, 1.165) is 36.8 Å². The van der Waals surface area contributed by atoms with Gasteiger partial charge in [0.1, 0.15) is 0 Å². The maximum atomic E-state index is 13.6. The molecule has 1 heterocycles. The third-order valence-electron chi connectivity index (χ3n) is 5.87. The minimum Gasteiger partial charge on any atom is -0.351 e. The minimum absolute atomic E-state index is 0.162. The van der Waals surface area contributed by atoms with E-state index in [1.807, 2.05) is 48.5 Å². The first-order chi connectivity index (χ1) is 15.0. The molecule has 0 aliphatic carbocycles. The van der Waals surface area contributed by atoms with Crippen molar-refractivity contribution < 1.29 is 13.2 Å². The Kier molecular flexibility index (Phi) is 7.55. The molecule has 31 heavy (non-hydrogen) atoms. The highest BCUT2D eigenvalue weighted by Crippen LogP contribution is 2.42. The van der Waals surface area contributed by atoms with Gasteiger partial charge in [-0.25, -0.2) is 8.42 Å². The first kappa shape index (κ1) is 23.1. The second kappa shape index (κ2) is 10.1. The molecule has 0 aromatic heterocycles. The van der Waals surface area contributed by atoms with E-state index in [1.54, 1.807) is 13.0 Å². The number of rotatable bonds is 9. The van der Waals surface area contributed by atoms with E-state index in [-0.39, 0.29) is 11.4 Å². The van der Waals surface area contributed by atoms with Crippen LogP contribution in [0.1, 0.15) is 57.6 Å². The van der Waals surface area contributed by atoms with E-state index in [9.17, 15) is 13.2 Å². The lowest BCUT2D eigenvalue weighted by atomic mass is 9.95. The molecule has 1 aliphatic rings. The Morgan fingerprint density at radius 3 is 2.32 bits per heavy atom. The highest BCUT2D eigenvalue weighted by molar-refractivity contribution is 7.97. The summed E-state index contributed by atoms with van der Waals surface area (Å²) in [5.74, 6) is -0.188. The summed E-state index contributed by atoms with van der Waals surface area (Å²) in [7, 11) is -3.99. The molecule has 0 saturated heterocycles. The van der Waals surface area contributed by atoms with Crippen LogP contribution in [0.25, 0.3) is 5.57 Å². The van der Waals surface area contributed by atoms with Crippen LogP contribution in [0.4, 0.5) is 5.69 Å². The number of nitrogens with zero attached hydrogens (tertiary/aromatic N) is 1. The number of carbonyl (C=O) groups excluding carboxylic acids is 1. The fraction of sp³-hybridized carbons (Fsp3) is 0.400. The SMILES string of the molecule is CCCC[C@H](CC)CNC(=O)C1=C(c2ccccc2)c2ccccc2N(CC)S1(=O)=O. The predicted molar refractivity (Wildman–Crippen MR) is 127 cm³/mol. The molecule has 0 bridgehead atoms. The van der Waals surface area contributed by atoms with Crippen molar-refractivity contribution in [3.63, 3.8) is 0 Å². The smallest absolute Gasteiger partial charge is 0.270 e. The Morgan fingerprint density at radius 2 is 1.68 bits per heavy atom. The average Bonchev–Trinajstić information content (AvgIpc) is 2.78. The van der Waals surface area contributed by atoms with E-state index in [2.05, 4.69) is 19.2 Å². The molecule has 1 atom stereocenters. The van der Waals surface area contributed by atoms with Crippen molar-refractivity contribution in [3.05, 3.63) is 70.6 Å². The average molecular weight is 441 g/mol. The van der Waals surface area contributed by atoms with Crippen LogP contribution in [-0.2, 0) is 14.8 Å². The normalized spacial score (nSPS) is 16.0. The van der Waals surface area contributed by atoms with E-state index >= 15 is 0 Å². The first-order valence-electron chi connectivity index (χ1n) is 11.2. The fourth-order valence-corrected chi connectivity index (χ4v) is 5.89. The van der Waals surface area contributed by atoms with E-state index in [1.165, 1.54) is 4.31 Å². The molecule has 5 nitrogen and oxygen atoms in total. The van der Waals surface area contributed by atoms with Gasteiger partial charge in [-0.2, -0.15) is 0 Å². The van der Waals surface area contributed by atoms with Crippen molar-refractivity contribution in [1.29, 1.82) is 0 Å². The minimum atomic E-state index is -3.99. The molecule has 2 aromatic carbocycles. The lowest BCUT2D eigenvalue weighted by Crippen LogP contribution is -2.42. The number of para-hydroxylation sites is 1. The molecular weight excluding hydrogens is 408 g/mol. The molecule has 3 rings (SSSR count). The predicted octanol–water partition coefficient (Wildman–Crippen LogP) is 4.95. The number of unbranched alkanes of at least 4 members (excludes halogenated alkanes) is 1. The summed E-state index contributed by atoms with van der Waals surface area (Å²) in [6, 6.07) is 16.7. The van der Waals surface area contributed by atoms with Crippen LogP contribution >= 0.6 is 0 Å². The van der Waals surface area contributed by atoms with Crippen molar-refractivity contribution in [3.8, 4) is 0 Å². The summed E-state index contributed by atoms with van der Waals surface area (Å²) in [6.07, 6.45) is 4.17. The number of nitrogens with one attached hydrogen (secondary N) is 1. The summed E-state index contributed by atoms with van der Waals surface area (Å²) < 4.78 is 28.6. The molecule has 166 valence electrons. The highest BCUT2D eigenvalue weighted by Gasteiger charge is 2.40. The monoisotopic (exact) mass is 440 g/mol. The number of hydrogen-bond acceptors (Lipinski definition) is 3. The number of amides is 1. The van der Waals surface area contributed by atoms with Crippen LogP contribution < -0.4 is 9.62 Å². The van der Waals surface area contributed by atoms with Gasteiger partial charge in [0.15, 0.2) is 4.91 Å². The maximum absolute atomic E-state index is 13.6. The summed E-state index contributed by atoms with van der Waals surface area (Å²) in [5.41, 5.74) is 2.56. The van der Waals surface area contributed by atoms with Gasteiger partial charge in [0, 0.05) is 24.2 Å². The number of hydrogen-bond donors (Lipinski definition) is 1. The Morgan fingerprint density at radius 1 is 1.00 bits per heavy atom. The number of benzene rings is 2. The zero-order chi connectivity index (χ0) is 22.4. The molecule has 1 amide bonds. The van der Waals surface area contributed by atoms with E-state index < -0.39 is 15.9 Å². The van der Waals surface area contributed by atoms with Gasteiger partial charge in [0.25, 0.3) is 15.9 Å². The summed E-state index contributed by atoms with van der Waals surface area (Å²) in [4.78, 5) is 13.2. The van der Waals surface area contributed by atoms with Gasteiger partial charge < -0.3 is 5.32 Å². The number of anilines is 1. The van der Waals surface area contributed by atoms with Crippen LogP contribution in [-0.4, -0.2) is 27.4 Å². The molecule has 6 heteroatoms. The summed E-state index contributed by atoms with van der Waals surface area (Å²) in [6.45, 7) is 6.77. The van der Waals surface area contributed by atoms with Crippen molar-refractivity contribution >= 4 is 27.2 Å². The van der Waals surface area contributed by atoms with Crippen LogP contribution in [0.5, 0.6) is 0 Å². The van der Waals surface area contributed by atoms with Gasteiger partial charge in [0.2, 0.25) is 0 Å². The fourth-order valence-electron chi connectivity index (χ4n) is 4.12. The Hall–Kier alpha value is -2.60. The van der Waals surface area contributed by atoms with Gasteiger partial charge in [-0.05, 0) is 30.9 Å². The molecule has 2 aromatic rings. The van der Waals surface area contributed by atoms with Gasteiger partial charge in [0.05, 0.1) is 5.69 Å². The number of fused-ring (bicyclic) bond motifs is 1. The quantitative estimate of drug-likeness (QED) is 0.600. The number of sulfonamides is 1. The zero-order valence-electron chi connectivity index (χ0n) is 18.6. The second-order valence-electron chi connectivity index (χ2n) is 7.88. The van der Waals surface area contributed by atoms with Crippen molar-refractivity contribution in [2.75, 3.05) is 17.4 Å². The molecule has 0 spiro atoms. The second-order valence-corrected chi connectivity index (χ2v) is 9.68. The van der Waals surface area contributed by atoms with Crippen LogP contribution in [0.2, 0.25) is 0 Å². The third-order valence-corrected chi connectivity index (χ3v) is 7.81.